The Labute approximate surface area is 191 Å². The molecule has 3 aromatic carbocycles. The fourth-order valence-corrected chi connectivity index (χ4v) is 3.43. The molecule has 0 saturated heterocycles. The maximum absolute atomic E-state index is 11.4. The average molecular weight is 460 g/mol. The first-order valence-electron chi connectivity index (χ1n) is 9.78. The summed E-state index contributed by atoms with van der Waals surface area (Å²) in [4.78, 5) is 11.4. The smallest absolute Gasteiger partial charge is 0.336 e. The third-order valence-corrected chi connectivity index (χ3v) is 5.36. The lowest BCUT2D eigenvalue weighted by atomic mass is 10.1. The monoisotopic (exact) mass is 459 g/mol. The molecule has 0 aliphatic carbocycles. The van der Waals surface area contributed by atoms with Gasteiger partial charge in [-0.05, 0) is 60.9 Å². The van der Waals surface area contributed by atoms with Gasteiger partial charge >= 0.3 is 5.97 Å². The normalized spacial score (nSPS) is 10.6. The maximum Gasteiger partial charge on any atom is 0.336 e. The molecule has 162 valence electrons. The molecule has 0 spiro atoms. The second kappa shape index (κ2) is 10.4. The van der Waals surface area contributed by atoms with E-state index >= 15 is 0 Å². The van der Waals surface area contributed by atoms with Gasteiger partial charge in [0.1, 0.15) is 6.61 Å². The van der Waals surface area contributed by atoms with Crippen LogP contribution in [0.5, 0.6) is 11.5 Å². The van der Waals surface area contributed by atoms with Gasteiger partial charge in [-0.1, -0.05) is 41.4 Å². The summed E-state index contributed by atoms with van der Waals surface area (Å²) < 4.78 is 11.7. The van der Waals surface area contributed by atoms with Gasteiger partial charge in [-0.2, -0.15) is 0 Å². The number of hydrogen-bond donors (Lipinski definition) is 2. The van der Waals surface area contributed by atoms with Gasteiger partial charge in [0.2, 0.25) is 0 Å². The summed E-state index contributed by atoms with van der Waals surface area (Å²) in [6.07, 6.45) is 0. The Kier molecular flexibility index (Phi) is 7.66. The van der Waals surface area contributed by atoms with Crippen molar-refractivity contribution in [3.63, 3.8) is 0 Å². The summed E-state index contributed by atoms with van der Waals surface area (Å²) in [5, 5.41) is 13.8. The summed E-state index contributed by atoms with van der Waals surface area (Å²) in [6, 6.07) is 16.1. The van der Waals surface area contributed by atoms with Crippen LogP contribution in [0.25, 0.3) is 0 Å². The van der Waals surface area contributed by atoms with Crippen molar-refractivity contribution in [1.82, 2.24) is 0 Å². The average Bonchev–Trinajstić information content (AvgIpc) is 2.74. The second-order valence-corrected chi connectivity index (χ2v) is 7.72. The number of nitrogens with one attached hydrogen (secondary N) is 1. The van der Waals surface area contributed by atoms with Gasteiger partial charge in [0.15, 0.2) is 11.5 Å². The first kappa shape index (κ1) is 22.8. The summed E-state index contributed by atoms with van der Waals surface area (Å²) in [7, 11) is 0. The predicted octanol–water partition coefficient (Wildman–Crippen LogP) is 6.59. The van der Waals surface area contributed by atoms with Crippen molar-refractivity contribution in [1.29, 1.82) is 0 Å². The maximum atomic E-state index is 11.4. The molecule has 0 aromatic heterocycles. The Balaban J connectivity index is 1.77. The van der Waals surface area contributed by atoms with Gasteiger partial charge in [0, 0.05) is 28.3 Å². The third kappa shape index (κ3) is 5.84. The van der Waals surface area contributed by atoms with Crippen LogP contribution in [0.4, 0.5) is 5.69 Å². The summed E-state index contributed by atoms with van der Waals surface area (Å²) >= 11 is 12.4. The molecule has 2 N–H and O–H groups in total. The molecule has 0 radical (unpaired) electrons. The van der Waals surface area contributed by atoms with Gasteiger partial charge in [0.05, 0.1) is 12.2 Å². The van der Waals surface area contributed by atoms with Crippen molar-refractivity contribution in [2.75, 3.05) is 11.9 Å². The molecule has 7 heteroatoms. The lowest BCUT2D eigenvalue weighted by Crippen LogP contribution is -2.07. The molecule has 0 amide bonds. The van der Waals surface area contributed by atoms with E-state index < -0.39 is 5.97 Å². The second-order valence-electron chi connectivity index (χ2n) is 6.88. The van der Waals surface area contributed by atoms with Gasteiger partial charge in [-0.25, -0.2) is 4.79 Å². The summed E-state index contributed by atoms with van der Waals surface area (Å²) in [6.45, 7) is 4.90. The molecule has 0 heterocycles. The molecule has 3 rings (SSSR count). The van der Waals surface area contributed by atoms with Crippen LogP contribution >= 0.6 is 23.2 Å². The largest absolute Gasteiger partial charge is 0.490 e. The zero-order valence-corrected chi connectivity index (χ0v) is 18.8. The minimum Gasteiger partial charge on any atom is -0.490 e. The molecule has 5 nitrogen and oxygen atoms in total. The number of halogens is 2. The number of carboxylic acid groups (broad SMARTS) is 1. The topological polar surface area (TPSA) is 67.8 Å². The quantitative estimate of drug-likeness (QED) is 0.377. The Hall–Kier alpha value is -2.89. The molecule has 0 fully saturated rings. The highest BCUT2D eigenvalue weighted by Crippen LogP contribution is 2.35. The van der Waals surface area contributed by atoms with Crippen LogP contribution in [0.3, 0.4) is 0 Å². The van der Waals surface area contributed by atoms with Gasteiger partial charge < -0.3 is 19.9 Å². The van der Waals surface area contributed by atoms with Crippen LogP contribution in [0.2, 0.25) is 10.0 Å². The van der Waals surface area contributed by atoms with Crippen LogP contribution < -0.4 is 14.8 Å². The summed E-state index contributed by atoms with van der Waals surface area (Å²) in [5.74, 6) is 0.184. The van der Waals surface area contributed by atoms with Crippen molar-refractivity contribution in [3.05, 3.63) is 86.9 Å². The van der Waals surface area contributed by atoms with Gasteiger partial charge in [-0.3, -0.25) is 0 Å². The lowest BCUT2D eigenvalue weighted by molar-refractivity contribution is 0.0696. The Morgan fingerprint density at radius 3 is 2.42 bits per heavy atom. The van der Waals surface area contributed by atoms with E-state index in [1.54, 1.807) is 25.1 Å². The number of carboxylic acids is 1. The molecule has 0 aliphatic rings. The first-order chi connectivity index (χ1) is 14.9. The van der Waals surface area contributed by atoms with E-state index in [2.05, 4.69) is 5.32 Å². The molecule has 0 unspecified atom stereocenters. The van der Waals surface area contributed by atoms with E-state index in [1.807, 2.05) is 43.3 Å². The fourth-order valence-electron chi connectivity index (χ4n) is 3.08. The van der Waals surface area contributed by atoms with Crippen molar-refractivity contribution in [2.24, 2.45) is 0 Å². The van der Waals surface area contributed by atoms with Gasteiger partial charge in [-0.15, -0.1) is 0 Å². The highest BCUT2D eigenvalue weighted by Gasteiger charge is 2.14. The van der Waals surface area contributed by atoms with Crippen LogP contribution in [-0.2, 0) is 13.2 Å². The highest BCUT2D eigenvalue weighted by molar-refractivity contribution is 6.31. The number of aromatic carboxylic acids is 1. The predicted molar refractivity (Wildman–Crippen MR) is 124 cm³/mol. The Morgan fingerprint density at radius 2 is 1.74 bits per heavy atom. The first-order valence-corrected chi connectivity index (χ1v) is 10.5. The van der Waals surface area contributed by atoms with E-state index in [0.29, 0.717) is 46.9 Å². The Bertz CT molecular complexity index is 1070. The zero-order chi connectivity index (χ0) is 22.4. The number of ether oxygens (including phenoxy) is 2. The van der Waals surface area contributed by atoms with Crippen LogP contribution in [-0.4, -0.2) is 17.7 Å². The van der Waals surface area contributed by atoms with Crippen LogP contribution in [0.15, 0.2) is 54.6 Å². The van der Waals surface area contributed by atoms with Crippen LogP contribution in [0, 0.1) is 6.92 Å². The molecule has 0 aliphatic heterocycles. The zero-order valence-electron chi connectivity index (χ0n) is 17.2. The van der Waals surface area contributed by atoms with Crippen molar-refractivity contribution >= 4 is 34.9 Å². The van der Waals surface area contributed by atoms with Gasteiger partial charge in [0.25, 0.3) is 0 Å². The molecule has 0 atom stereocenters. The SMILES string of the molecule is CCOc1cc(CNc2cccc(C(=O)O)c2C)c(Cl)cc1OCc1ccc(Cl)cc1. The third-order valence-electron chi connectivity index (χ3n) is 4.75. The fraction of sp³-hybridized carbons (Fsp3) is 0.208. The minimum atomic E-state index is -0.958. The number of hydrogen-bond acceptors (Lipinski definition) is 4. The Morgan fingerprint density at radius 1 is 1.03 bits per heavy atom. The van der Waals surface area contributed by atoms with E-state index in [0.717, 1.165) is 16.8 Å². The minimum absolute atomic E-state index is 0.261. The number of benzene rings is 3. The van der Waals surface area contributed by atoms with Crippen molar-refractivity contribution in [2.45, 2.75) is 27.0 Å². The molecule has 3 aromatic rings. The summed E-state index contributed by atoms with van der Waals surface area (Å²) in [5.41, 5.74) is 3.44. The standard InChI is InChI=1S/C24H23Cl2NO4/c1-3-30-22-11-17(13-27-21-6-4-5-19(15(21)2)24(28)29)20(26)12-23(22)31-14-16-7-9-18(25)10-8-16/h4-12,27H,3,13-14H2,1-2H3,(H,28,29). The number of rotatable bonds is 9. The molecule has 0 saturated carbocycles. The van der Waals surface area contributed by atoms with E-state index in [9.17, 15) is 9.90 Å². The van der Waals surface area contributed by atoms with Crippen LogP contribution in [0.1, 0.15) is 34.0 Å². The van der Waals surface area contributed by atoms with E-state index in [1.165, 1.54) is 0 Å². The van der Waals surface area contributed by atoms with Crippen molar-refractivity contribution in [3.8, 4) is 11.5 Å². The highest BCUT2D eigenvalue weighted by atomic mass is 35.5. The molecular formula is C24H23Cl2NO4. The molecule has 31 heavy (non-hydrogen) atoms. The number of anilines is 1. The van der Waals surface area contributed by atoms with E-state index in [-0.39, 0.29) is 5.56 Å². The molecule has 0 bridgehead atoms. The molecular weight excluding hydrogens is 437 g/mol. The van der Waals surface area contributed by atoms with E-state index in [4.69, 9.17) is 32.7 Å². The van der Waals surface area contributed by atoms with Crippen molar-refractivity contribution < 1.29 is 19.4 Å². The lowest BCUT2D eigenvalue weighted by Gasteiger charge is -2.16. The number of carbonyl (C=O) groups is 1.